The van der Waals surface area contributed by atoms with Crippen LogP contribution in [0.1, 0.15) is 0 Å². The first-order valence-electron chi connectivity index (χ1n) is 7.26. The SMILES string of the molecule is COc1ccccc1-c1nnc(SCC(N)=O)n1-c1ccccc1. The number of aromatic nitrogens is 3. The summed E-state index contributed by atoms with van der Waals surface area (Å²) in [6.07, 6.45) is 0. The lowest BCUT2D eigenvalue weighted by Gasteiger charge is -2.12. The molecule has 6 nitrogen and oxygen atoms in total. The van der Waals surface area contributed by atoms with Gasteiger partial charge in [0.1, 0.15) is 5.75 Å². The number of hydrogen-bond acceptors (Lipinski definition) is 5. The first kappa shape index (κ1) is 16.1. The summed E-state index contributed by atoms with van der Waals surface area (Å²) in [7, 11) is 1.62. The molecule has 0 aliphatic carbocycles. The van der Waals surface area contributed by atoms with Gasteiger partial charge in [-0.25, -0.2) is 0 Å². The summed E-state index contributed by atoms with van der Waals surface area (Å²) >= 11 is 1.25. The molecular weight excluding hydrogens is 324 g/mol. The molecule has 2 N–H and O–H groups in total. The summed E-state index contributed by atoms with van der Waals surface area (Å²) in [4.78, 5) is 11.1. The van der Waals surface area contributed by atoms with Crippen molar-refractivity contribution in [3.8, 4) is 22.8 Å². The zero-order valence-electron chi connectivity index (χ0n) is 13.0. The van der Waals surface area contributed by atoms with E-state index in [0.717, 1.165) is 11.3 Å². The fourth-order valence-corrected chi connectivity index (χ4v) is 3.00. The van der Waals surface area contributed by atoms with Crippen LogP contribution in [0, 0.1) is 0 Å². The van der Waals surface area contributed by atoms with Crippen LogP contribution in [0.15, 0.2) is 59.8 Å². The molecule has 0 bridgehead atoms. The Morgan fingerprint density at radius 1 is 1.12 bits per heavy atom. The quantitative estimate of drug-likeness (QED) is 0.697. The molecule has 122 valence electrons. The fraction of sp³-hybridized carbons (Fsp3) is 0.118. The van der Waals surface area contributed by atoms with E-state index in [1.54, 1.807) is 7.11 Å². The molecule has 0 aliphatic heterocycles. The second kappa shape index (κ2) is 7.18. The molecule has 0 saturated carbocycles. The third-order valence-electron chi connectivity index (χ3n) is 3.34. The maximum atomic E-state index is 11.1. The topological polar surface area (TPSA) is 83.0 Å². The normalized spacial score (nSPS) is 10.5. The van der Waals surface area contributed by atoms with Gasteiger partial charge in [0.15, 0.2) is 11.0 Å². The first-order chi connectivity index (χ1) is 11.7. The Morgan fingerprint density at radius 2 is 1.83 bits per heavy atom. The smallest absolute Gasteiger partial charge is 0.227 e. The van der Waals surface area contributed by atoms with Crippen LogP contribution in [0.4, 0.5) is 0 Å². The van der Waals surface area contributed by atoms with E-state index < -0.39 is 5.91 Å². The second-order valence-electron chi connectivity index (χ2n) is 4.93. The van der Waals surface area contributed by atoms with Gasteiger partial charge in [-0.3, -0.25) is 9.36 Å². The Balaban J connectivity index is 2.14. The Bertz CT molecular complexity index is 849. The third kappa shape index (κ3) is 3.26. The molecule has 1 heterocycles. The van der Waals surface area contributed by atoms with Crippen molar-refractivity contribution in [1.82, 2.24) is 14.8 Å². The van der Waals surface area contributed by atoms with Crippen molar-refractivity contribution in [3.63, 3.8) is 0 Å². The van der Waals surface area contributed by atoms with Crippen LogP contribution >= 0.6 is 11.8 Å². The standard InChI is InChI=1S/C17H16N4O2S/c1-23-14-10-6-5-9-13(14)16-19-20-17(24-11-15(18)22)21(16)12-7-3-2-4-8-12/h2-10H,11H2,1H3,(H2,18,22). The van der Waals surface area contributed by atoms with E-state index >= 15 is 0 Å². The van der Waals surface area contributed by atoms with Gasteiger partial charge < -0.3 is 10.5 Å². The van der Waals surface area contributed by atoms with Gasteiger partial charge in [0.2, 0.25) is 5.91 Å². The summed E-state index contributed by atoms with van der Waals surface area (Å²) in [6, 6.07) is 17.3. The Morgan fingerprint density at radius 3 is 2.54 bits per heavy atom. The first-order valence-corrected chi connectivity index (χ1v) is 8.24. The molecular formula is C17H16N4O2S. The van der Waals surface area contributed by atoms with Gasteiger partial charge in [-0.15, -0.1) is 10.2 Å². The largest absolute Gasteiger partial charge is 0.496 e. The lowest BCUT2D eigenvalue weighted by Crippen LogP contribution is -2.13. The van der Waals surface area contributed by atoms with E-state index in [4.69, 9.17) is 10.5 Å². The van der Waals surface area contributed by atoms with E-state index in [2.05, 4.69) is 10.2 Å². The number of ether oxygens (including phenoxy) is 1. The molecule has 2 aromatic carbocycles. The minimum absolute atomic E-state index is 0.136. The molecule has 0 unspecified atom stereocenters. The Hall–Kier alpha value is -2.80. The van der Waals surface area contributed by atoms with Gasteiger partial charge in [-0.1, -0.05) is 42.1 Å². The van der Waals surface area contributed by atoms with Crippen LogP contribution in [0.3, 0.4) is 0 Å². The maximum Gasteiger partial charge on any atom is 0.227 e. The number of primary amides is 1. The molecule has 7 heteroatoms. The Labute approximate surface area is 143 Å². The van der Waals surface area contributed by atoms with Crippen LogP contribution in [-0.2, 0) is 4.79 Å². The summed E-state index contributed by atoms with van der Waals surface area (Å²) < 4.78 is 7.33. The van der Waals surface area contributed by atoms with Crippen LogP contribution in [-0.4, -0.2) is 33.5 Å². The molecule has 1 aromatic heterocycles. The fourth-order valence-electron chi connectivity index (χ4n) is 2.31. The van der Waals surface area contributed by atoms with Gasteiger partial charge in [0.05, 0.1) is 18.4 Å². The molecule has 0 fully saturated rings. The number of hydrogen-bond donors (Lipinski definition) is 1. The lowest BCUT2D eigenvalue weighted by molar-refractivity contribution is -0.115. The minimum atomic E-state index is -0.401. The maximum absolute atomic E-state index is 11.1. The van der Waals surface area contributed by atoms with Gasteiger partial charge >= 0.3 is 0 Å². The number of benzene rings is 2. The predicted octanol–water partition coefficient (Wildman–Crippen LogP) is 2.52. The number of nitrogens with two attached hydrogens (primary N) is 1. The van der Waals surface area contributed by atoms with Crippen LogP contribution < -0.4 is 10.5 Å². The van der Waals surface area contributed by atoms with E-state index in [1.807, 2.05) is 59.2 Å². The highest BCUT2D eigenvalue weighted by molar-refractivity contribution is 7.99. The molecule has 0 aliphatic rings. The second-order valence-corrected chi connectivity index (χ2v) is 5.87. The molecule has 0 saturated heterocycles. The number of rotatable bonds is 6. The average molecular weight is 340 g/mol. The number of carbonyl (C=O) groups excluding carboxylic acids is 1. The third-order valence-corrected chi connectivity index (χ3v) is 4.29. The number of thioether (sulfide) groups is 1. The van der Waals surface area contributed by atoms with E-state index in [0.29, 0.717) is 16.7 Å². The summed E-state index contributed by atoms with van der Waals surface area (Å²) in [6.45, 7) is 0. The molecule has 24 heavy (non-hydrogen) atoms. The zero-order valence-corrected chi connectivity index (χ0v) is 13.9. The highest BCUT2D eigenvalue weighted by atomic mass is 32.2. The summed E-state index contributed by atoms with van der Waals surface area (Å²) in [5.74, 6) is 1.08. The molecule has 0 radical (unpaired) electrons. The van der Waals surface area contributed by atoms with Gasteiger partial charge in [0, 0.05) is 5.69 Å². The number of nitrogens with zero attached hydrogens (tertiary/aromatic N) is 3. The predicted molar refractivity (Wildman–Crippen MR) is 93.3 cm³/mol. The van der Waals surface area contributed by atoms with Crippen molar-refractivity contribution in [2.75, 3.05) is 12.9 Å². The number of carbonyl (C=O) groups is 1. The monoisotopic (exact) mass is 340 g/mol. The Kier molecular flexibility index (Phi) is 4.81. The lowest BCUT2D eigenvalue weighted by atomic mass is 10.2. The van der Waals surface area contributed by atoms with Crippen LogP contribution in [0.5, 0.6) is 5.75 Å². The van der Waals surface area contributed by atoms with Gasteiger partial charge in [-0.05, 0) is 24.3 Å². The number of amides is 1. The molecule has 3 rings (SSSR count). The van der Waals surface area contributed by atoms with Gasteiger partial charge in [0.25, 0.3) is 0 Å². The van der Waals surface area contributed by atoms with Gasteiger partial charge in [-0.2, -0.15) is 0 Å². The molecule has 0 atom stereocenters. The number of methoxy groups -OCH3 is 1. The van der Waals surface area contributed by atoms with Crippen molar-refractivity contribution in [1.29, 1.82) is 0 Å². The van der Waals surface area contributed by atoms with Crippen molar-refractivity contribution >= 4 is 17.7 Å². The van der Waals surface area contributed by atoms with Crippen LogP contribution in [0.25, 0.3) is 17.1 Å². The highest BCUT2D eigenvalue weighted by Crippen LogP contribution is 2.32. The van der Waals surface area contributed by atoms with Crippen molar-refractivity contribution in [2.24, 2.45) is 5.73 Å². The summed E-state index contributed by atoms with van der Waals surface area (Å²) in [5.41, 5.74) is 6.98. The molecule has 3 aromatic rings. The van der Waals surface area contributed by atoms with E-state index in [9.17, 15) is 4.79 Å². The van der Waals surface area contributed by atoms with Crippen molar-refractivity contribution < 1.29 is 9.53 Å². The van der Waals surface area contributed by atoms with Crippen molar-refractivity contribution in [3.05, 3.63) is 54.6 Å². The number of para-hydroxylation sites is 2. The molecule has 1 amide bonds. The highest BCUT2D eigenvalue weighted by Gasteiger charge is 2.19. The van der Waals surface area contributed by atoms with E-state index in [1.165, 1.54) is 11.8 Å². The van der Waals surface area contributed by atoms with E-state index in [-0.39, 0.29) is 5.75 Å². The van der Waals surface area contributed by atoms with Crippen molar-refractivity contribution in [2.45, 2.75) is 5.16 Å². The average Bonchev–Trinajstić information content (AvgIpc) is 3.04. The minimum Gasteiger partial charge on any atom is -0.496 e. The van der Waals surface area contributed by atoms with Crippen LogP contribution in [0.2, 0.25) is 0 Å². The molecule has 0 spiro atoms. The summed E-state index contributed by atoms with van der Waals surface area (Å²) in [5, 5.41) is 9.14. The zero-order chi connectivity index (χ0) is 16.9.